The van der Waals surface area contributed by atoms with Crippen LogP contribution in [0.4, 0.5) is 0 Å². The number of rotatable bonds is 3. The molecular weight excluding hydrogens is 246 g/mol. The van der Waals surface area contributed by atoms with Gasteiger partial charge in [0.2, 0.25) is 10.0 Å². The van der Waals surface area contributed by atoms with E-state index in [2.05, 4.69) is 4.72 Å². The zero-order valence-electron chi connectivity index (χ0n) is 10.8. The van der Waals surface area contributed by atoms with Crippen LogP contribution in [0.2, 0.25) is 0 Å². The summed E-state index contributed by atoms with van der Waals surface area (Å²) in [6.07, 6.45) is 0. The molecule has 0 atom stereocenters. The first-order valence-electron chi connectivity index (χ1n) is 5.91. The van der Waals surface area contributed by atoms with Gasteiger partial charge in [-0.2, -0.15) is 0 Å². The van der Waals surface area contributed by atoms with Gasteiger partial charge in [-0.3, -0.25) is 0 Å². The maximum absolute atomic E-state index is 12.0. The van der Waals surface area contributed by atoms with E-state index in [1.54, 1.807) is 12.1 Å². The lowest BCUT2D eigenvalue weighted by molar-refractivity contribution is 0.570. The minimum absolute atomic E-state index is 0.108. The van der Waals surface area contributed by atoms with Crippen LogP contribution in [0.5, 0.6) is 0 Å². The molecule has 0 aliphatic rings. The first-order valence-corrected chi connectivity index (χ1v) is 7.39. The van der Waals surface area contributed by atoms with Crippen molar-refractivity contribution in [3.8, 4) is 0 Å². The smallest absolute Gasteiger partial charge is 0.209 e. The Kier molecular flexibility index (Phi) is 3.41. The highest BCUT2D eigenvalue weighted by Crippen LogP contribution is 2.20. The molecule has 0 heterocycles. The summed E-state index contributed by atoms with van der Waals surface area (Å²) in [6, 6.07) is 11.1. The van der Waals surface area contributed by atoms with E-state index in [-0.39, 0.29) is 6.04 Å². The second-order valence-corrected chi connectivity index (χ2v) is 6.50. The topological polar surface area (TPSA) is 46.2 Å². The van der Waals surface area contributed by atoms with E-state index < -0.39 is 10.0 Å². The zero-order valence-corrected chi connectivity index (χ0v) is 11.6. The molecule has 0 bridgehead atoms. The molecule has 2 aromatic rings. The predicted octanol–water partition coefficient (Wildman–Crippen LogP) is 2.83. The van der Waals surface area contributed by atoms with E-state index in [0.29, 0.717) is 4.90 Å². The number of aryl methyl sites for hydroxylation is 1. The molecule has 0 saturated carbocycles. The normalized spacial score (nSPS) is 12.2. The highest BCUT2D eigenvalue weighted by Gasteiger charge is 2.15. The molecule has 2 aromatic carbocycles. The zero-order chi connectivity index (χ0) is 13.3. The summed E-state index contributed by atoms with van der Waals surface area (Å²) < 4.78 is 26.7. The molecule has 0 aliphatic carbocycles. The molecule has 0 aromatic heterocycles. The van der Waals surface area contributed by atoms with Crippen molar-refractivity contribution in [2.24, 2.45) is 0 Å². The molecule has 0 spiro atoms. The maximum atomic E-state index is 12.0. The van der Waals surface area contributed by atoms with Gasteiger partial charge in [0.15, 0.2) is 0 Å². The Morgan fingerprint density at radius 3 is 2.28 bits per heavy atom. The molecule has 0 saturated heterocycles. The highest BCUT2D eigenvalue weighted by molar-refractivity contribution is 7.89. The third-order valence-electron chi connectivity index (χ3n) is 2.67. The first-order chi connectivity index (χ1) is 8.38. The Labute approximate surface area is 108 Å². The lowest BCUT2D eigenvalue weighted by Gasteiger charge is -2.10. The minimum Gasteiger partial charge on any atom is -0.209 e. The Balaban J connectivity index is 2.51. The van der Waals surface area contributed by atoms with E-state index in [0.717, 1.165) is 10.8 Å². The third kappa shape index (κ3) is 2.71. The largest absolute Gasteiger partial charge is 0.240 e. The fourth-order valence-electron chi connectivity index (χ4n) is 1.89. The Morgan fingerprint density at radius 2 is 1.61 bits per heavy atom. The summed E-state index contributed by atoms with van der Waals surface area (Å²) in [5, 5.41) is 1.99. The van der Waals surface area contributed by atoms with Gasteiger partial charge in [0.1, 0.15) is 0 Å². The molecule has 0 fully saturated rings. The van der Waals surface area contributed by atoms with Crippen LogP contribution in [0.3, 0.4) is 0 Å². The third-order valence-corrected chi connectivity index (χ3v) is 4.32. The molecule has 96 valence electrons. The van der Waals surface area contributed by atoms with E-state index in [1.165, 1.54) is 5.56 Å². The first kappa shape index (κ1) is 13.1. The average Bonchev–Trinajstić information content (AvgIpc) is 2.26. The number of sulfonamides is 1. The average molecular weight is 263 g/mol. The van der Waals surface area contributed by atoms with Crippen molar-refractivity contribution >= 4 is 20.8 Å². The Morgan fingerprint density at radius 1 is 1.00 bits per heavy atom. The molecule has 0 amide bonds. The van der Waals surface area contributed by atoms with E-state index in [9.17, 15) is 8.42 Å². The quantitative estimate of drug-likeness (QED) is 0.925. The lowest BCUT2D eigenvalue weighted by atomic mass is 10.1. The predicted molar refractivity (Wildman–Crippen MR) is 74.1 cm³/mol. The van der Waals surface area contributed by atoms with Crippen LogP contribution < -0.4 is 4.72 Å². The van der Waals surface area contributed by atoms with Gasteiger partial charge < -0.3 is 0 Å². The van der Waals surface area contributed by atoms with Gasteiger partial charge in [-0.1, -0.05) is 29.8 Å². The SMILES string of the molecule is Cc1ccc2cc(S(=O)(=O)NC(C)C)ccc2c1. The van der Waals surface area contributed by atoms with Gasteiger partial charge in [0.25, 0.3) is 0 Å². The Bertz CT molecular complexity index is 675. The molecule has 1 N–H and O–H groups in total. The van der Waals surface area contributed by atoms with Crippen molar-refractivity contribution < 1.29 is 8.42 Å². The van der Waals surface area contributed by atoms with Crippen molar-refractivity contribution in [1.82, 2.24) is 4.72 Å². The molecule has 18 heavy (non-hydrogen) atoms. The van der Waals surface area contributed by atoms with Crippen LogP contribution in [0, 0.1) is 6.92 Å². The van der Waals surface area contributed by atoms with Crippen LogP contribution in [0.25, 0.3) is 10.8 Å². The maximum Gasteiger partial charge on any atom is 0.240 e. The number of hydrogen-bond acceptors (Lipinski definition) is 2. The number of hydrogen-bond donors (Lipinski definition) is 1. The molecule has 3 nitrogen and oxygen atoms in total. The summed E-state index contributed by atoms with van der Waals surface area (Å²) in [4.78, 5) is 0.313. The lowest BCUT2D eigenvalue weighted by Crippen LogP contribution is -2.30. The van der Waals surface area contributed by atoms with Crippen molar-refractivity contribution in [3.05, 3.63) is 42.0 Å². The van der Waals surface area contributed by atoms with Crippen molar-refractivity contribution in [2.75, 3.05) is 0 Å². The van der Waals surface area contributed by atoms with Crippen LogP contribution in [-0.4, -0.2) is 14.5 Å². The molecule has 0 radical (unpaired) electrons. The second kappa shape index (κ2) is 4.71. The molecular formula is C14H17NO2S. The summed E-state index contributed by atoms with van der Waals surface area (Å²) in [5.74, 6) is 0. The standard InChI is InChI=1S/C14H17NO2S/c1-10(2)15-18(16,17)14-7-6-12-8-11(3)4-5-13(12)9-14/h4-10,15H,1-3H3. The van der Waals surface area contributed by atoms with Crippen LogP contribution in [0.15, 0.2) is 41.3 Å². The molecule has 2 rings (SSSR count). The highest BCUT2D eigenvalue weighted by atomic mass is 32.2. The van der Waals surface area contributed by atoms with E-state index >= 15 is 0 Å². The van der Waals surface area contributed by atoms with Crippen molar-refractivity contribution in [1.29, 1.82) is 0 Å². The van der Waals surface area contributed by atoms with E-state index in [4.69, 9.17) is 0 Å². The molecule has 0 aliphatic heterocycles. The van der Waals surface area contributed by atoms with Gasteiger partial charge in [-0.05, 0) is 43.7 Å². The number of fused-ring (bicyclic) bond motifs is 1. The fourth-order valence-corrected chi connectivity index (χ4v) is 3.17. The fraction of sp³-hybridized carbons (Fsp3) is 0.286. The summed E-state index contributed by atoms with van der Waals surface area (Å²) >= 11 is 0. The van der Waals surface area contributed by atoms with Crippen LogP contribution in [-0.2, 0) is 10.0 Å². The van der Waals surface area contributed by atoms with Crippen molar-refractivity contribution in [2.45, 2.75) is 31.7 Å². The summed E-state index contributed by atoms with van der Waals surface area (Å²) in [6.45, 7) is 5.63. The van der Waals surface area contributed by atoms with Gasteiger partial charge in [-0.15, -0.1) is 0 Å². The van der Waals surface area contributed by atoms with Crippen molar-refractivity contribution in [3.63, 3.8) is 0 Å². The Hall–Kier alpha value is -1.39. The van der Waals surface area contributed by atoms with Crippen LogP contribution in [0.1, 0.15) is 19.4 Å². The summed E-state index contributed by atoms with van der Waals surface area (Å²) in [7, 11) is -3.41. The molecule has 4 heteroatoms. The van der Waals surface area contributed by atoms with Gasteiger partial charge in [0, 0.05) is 6.04 Å². The van der Waals surface area contributed by atoms with Gasteiger partial charge in [-0.25, -0.2) is 13.1 Å². The van der Waals surface area contributed by atoms with Gasteiger partial charge >= 0.3 is 0 Å². The minimum atomic E-state index is -3.41. The number of benzene rings is 2. The number of nitrogens with one attached hydrogen (secondary N) is 1. The monoisotopic (exact) mass is 263 g/mol. The van der Waals surface area contributed by atoms with Crippen LogP contribution >= 0.6 is 0 Å². The van der Waals surface area contributed by atoms with Gasteiger partial charge in [0.05, 0.1) is 4.90 Å². The summed E-state index contributed by atoms with van der Waals surface area (Å²) in [5.41, 5.74) is 1.17. The van der Waals surface area contributed by atoms with E-state index in [1.807, 2.05) is 45.0 Å². The molecule has 0 unspecified atom stereocenters. The second-order valence-electron chi connectivity index (χ2n) is 4.79.